The predicted molar refractivity (Wildman–Crippen MR) is 68.5 cm³/mol. The van der Waals surface area contributed by atoms with Gasteiger partial charge in [-0.25, -0.2) is 0 Å². The van der Waals surface area contributed by atoms with E-state index in [1.165, 1.54) is 6.08 Å². The third kappa shape index (κ3) is 2.54. The van der Waals surface area contributed by atoms with E-state index < -0.39 is 0 Å². The Morgan fingerprint density at radius 1 is 1.56 bits per heavy atom. The quantitative estimate of drug-likeness (QED) is 0.764. The highest BCUT2D eigenvalue weighted by molar-refractivity contribution is 5.87. The SMILES string of the molecule is C=CC(=O)N1CCOC(c2ccccc2OC)C1. The van der Waals surface area contributed by atoms with Gasteiger partial charge in [0, 0.05) is 12.1 Å². The van der Waals surface area contributed by atoms with Crippen molar-refractivity contribution in [2.45, 2.75) is 6.10 Å². The molecule has 2 rings (SSSR count). The largest absolute Gasteiger partial charge is 0.496 e. The number of carbonyl (C=O) groups is 1. The fourth-order valence-corrected chi connectivity index (χ4v) is 2.10. The lowest BCUT2D eigenvalue weighted by atomic mass is 10.1. The van der Waals surface area contributed by atoms with Crippen molar-refractivity contribution in [2.24, 2.45) is 0 Å². The number of ether oxygens (including phenoxy) is 2. The Morgan fingerprint density at radius 2 is 2.33 bits per heavy atom. The van der Waals surface area contributed by atoms with Crippen molar-refractivity contribution >= 4 is 5.91 Å². The second-order valence-corrected chi connectivity index (χ2v) is 4.09. The van der Waals surface area contributed by atoms with Crippen molar-refractivity contribution in [3.8, 4) is 5.75 Å². The summed E-state index contributed by atoms with van der Waals surface area (Å²) >= 11 is 0. The van der Waals surface area contributed by atoms with Crippen LogP contribution in [0.2, 0.25) is 0 Å². The summed E-state index contributed by atoms with van der Waals surface area (Å²) in [5.74, 6) is 0.730. The molecule has 0 aliphatic carbocycles. The molecule has 0 N–H and O–H groups in total. The molecule has 1 saturated heterocycles. The molecule has 0 radical (unpaired) electrons. The van der Waals surface area contributed by atoms with Gasteiger partial charge in [0.15, 0.2) is 0 Å². The lowest BCUT2D eigenvalue weighted by molar-refractivity contribution is -0.133. The van der Waals surface area contributed by atoms with E-state index in [0.29, 0.717) is 19.7 Å². The molecule has 1 aliphatic heterocycles. The van der Waals surface area contributed by atoms with Gasteiger partial charge < -0.3 is 14.4 Å². The van der Waals surface area contributed by atoms with E-state index in [-0.39, 0.29) is 12.0 Å². The highest BCUT2D eigenvalue weighted by Crippen LogP contribution is 2.29. The summed E-state index contributed by atoms with van der Waals surface area (Å²) in [5.41, 5.74) is 0.974. The fourth-order valence-electron chi connectivity index (χ4n) is 2.10. The van der Waals surface area contributed by atoms with Crippen molar-refractivity contribution in [3.63, 3.8) is 0 Å². The van der Waals surface area contributed by atoms with Crippen LogP contribution in [0, 0.1) is 0 Å². The van der Waals surface area contributed by atoms with Crippen molar-refractivity contribution in [1.29, 1.82) is 0 Å². The van der Waals surface area contributed by atoms with Crippen molar-refractivity contribution in [2.75, 3.05) is 26.8 Å². The third-order valence-electron chi connectivity index (χ3n) is 3.04. The van der Waals surface area contributed by atoms with Gasteiger partial charge in [-0.2, -0.15) is 0 Å². The summed E-state index contributed by atoms with van der Waals surface area (Å²) in [6.45, 7) is 5.18. The second-order valence-electron chi connectivity index (χ2n) is 4.09. The van der Waals surface area contributed by atoms with Gasteiger partial charge in [0.25, 0.3) is 0 Å². The third-order valence-corrected chi connectivity index (χ3v) is 3.04. The Kier molecular flexibility index (Phi) is 3.99. The first kappa shape index (κ1) is 12.6. The van der Waals surface area contributed by atoms with Crippen LogP contribution in [0.4, 0.5) is 0 Å². The minimum atomic E-state index is -0.140. The molecule has 1 amide bonds. The molecular formula is C14H17NO3. The first-order valence-corrected chi connectivity index (χ1v) is 5.92. The van der Waals surface area contributed by atoms with Gasteiger partial charge in [-0.15, -0.1) is 0 Å². The molecule has 1 fully saturated rings. The van der Waals surface area contributed by atoms with E-state index in [1.54, 1.807) is 12.0 Å². The number of rotatable bonds is 3. The summed E-state index contributed by atoms with van der Waals surface area (Å²) in [6, 6.07) is 7.71. The van der Waals surface area contributed by atoms with Crippen LogP contribution < -0.4 is 4.74 Å². The maximum atomic E-state index is 11.6. The average molecular weight is 247 g/mol. The van der Waals surface area contributed by atoms with Crippen LogP contribution >= 0.6 is 0 Å². The number of carbonyl (C=O) groups excluding carboxylic acids is 1. The van der Waals surface area contributed by atoms with Gasteiger partial charge in [0.1, 0.15) is 11.9 Å². The first-order chi connectivity index (χ1) is 8.76. The van der Waals surface area contributed by atoms with Crippen LogP contribution in [0.3, 0.4) is 0 Å². The number of hydrogen-bond donors (Lipinski definition) is 0. The number of para-hydroxylation sites is 1. The minimum absolute atomic E-state index is 0.0572. The Bertz CT molecular complexity index is 444. The Balaban J connectivity index is 2.17. The van der Waals surface area contributed by atoms with Crippen LogP contribution in [0.15, 0.2) is 36.9 Å². The second kappa shape index (κ2) is 5.69. The van der Waals surface area contributed by atoms with Crippen LogP contribution in [0.25, 0.3) is 0 Å². The van der Waals surface area contributed by atoms with Gasteiger partial charge in [-0.3, -0.25) is 4.79 Å². The zero-order chi connectivity index (χ0) is 13.0. The van der Waals surface area contributed by atoms with Gasteiger partial charge in [-0.1, -0.05) is 24.8 Å². The maximum absolute atomic E-state index is 11.6. The average Bonchev–Trinajstić information content (AvgIpc) is 2.46. The summed E-state index contributed by atoms with van der Waals surface area (Å²) in [5, 5.41) is 0. The van der Waals surface area contributed by atoms with Crippen LogP contribution in [-0.2, 0) is 9.53 Å². The predicted octanol–water partition coefficient (Wildman–Crippen LogP) is 1.78. The van der Waals surface area contributed by atoms with E-state index in [4.69, 9.17) is 9.47 Å². The lowest BCUT2D eigenvalue weighted by Crippen LogP contribution is -2.41. The number of nitrogens with zero attached hydrogens (tertiary/aromatic N) is 1. The number of morpholine rings is 1. The van der Waals surface area contributed by atoms with E-state index >= 15 is 0 Å². The molecular weight excluding hydrogens is 230 g/mol. The van der Waals surface area contributed by atoms with Gasteiger partial charge >= 0.3 is 0 Å². The number of benzene rings is 1. The lowest BCUT2D eigenvalue weighted by Gasteiger charge is -2.33. The molecule has 4 heteroatoms. The highest BCUT2D eigenvalue weighted by atomic mass is 16.5. The van der Waals surface area contributed by atoms with E-state index in [9.17, 15) is 4.79 Å². The summed E-state index contributed by atoms with van der Waals surface area (Å²) in [4.78, 5) is 13.4. The smallest absolute Gasteiger partial charge is 0.246 e. The van der Waals surface area contributed by atoms with E-state index in [2.05, 4.69) is 6.58 Å². The van der Waals surface area contributed by atoms with Crippen LogP contribution in [0.1, 0.15) is 11.7 Å². The summed E-state index contributed by atoms with van der Waals surface area (Å²) in [7, 11) is 1.63. The summed E-state index contributed by atoms with van der Waals surface area (Å²) in [6.07, 6.45) is 1.20. The molecule has 0 spiro atoms. The van der Waals surface area contributed by atoms with Crippen molar-refractivity contribution in [1.82, 2.24) is 4.90 Å². The fraction of sp³-hybridized carbons (Fsp3) is 0.357. The van der Waals surface area contributed by atoms with Crippen molar-refractivity contribution in [3.05, 3.63) is 42.5 Å². The van der Waals surface area contributed by atoms with Crippen molar-refractivity contribution < 1.29 is 14.3 Å². The molecule has 0 saturated carbocycles. The van der Waals surface area contributed by atoms with Crippen LogP contribution in [-0.4, -0.2) is 37.6 Å². The monoisotopic (exact) mass is 247 g/mol. The Labute approximate surface area is 107 Å². The molecule has 0 aromatic heterocycles. The molecule has 0 bridgehead atoms. The number of methoxy groups -OCH3 is 1. The Hall–Kier alpha value is -1.81. The van der Waals surface area contributed by atoms with Gasteiger partial charge in [-0.05, 0) is 12.1 Å². The van der Waals surface area contributed by atoms with Crippen LogP contribution in [0.5, 0.6) is 5.75 Å². The van der Waals surface area contributed by atoms with E-state index in [1.807, 2.05) is 24.3 Å². The first-order valence-electron chi connectivity index (χ1n) is 5.92. The van der Waals surface area contributed by atoms with Gasteiger partial charge in [0.05, 0.1) is 20.3 Å². The zero-order valence-corrected chi connectivity index (χ0v) is 10.5. The molecule has 1 aromatic rings. The molecule has 1 aliphatic rings. The minimum Gasteiger partial charge on any atom is -0.496 e. The maximum Gasteiger partial charge on any atom is 0.246 e. The molecule has 1 heterocycles. The van der Waals surface area contributed by atoms with E-state index in [0.717, 1.165) is 11.3 Å². The Morgan fingerprint density at radius 3 is 3.06 bits per heavy atom. The number of amides is 1. The molecule has 1 aromatic carbocycles. The molecule has 1 atom stereocenters. The molecule has 1 unspecified atom stereocenters. The van der Waals surface area contributed by atoms with Gasteiger partial charge in [0.2, 0.25) is 5.91 Å². The molecule has 4 nitrogen and oxygen atoms in total. The normalized spacial score (nSPS) is 19.4. The molecule has 18 heavy (non-hydrogen) atoms. The number of hydrogen-bond acceptors (Lipinski definition) is 3. The summed E-state index contributed by atoms with van der Waals surface area (Å²) < 4.78 is 11.0. The molecule has 96 valence electrons. The highest BCUT2D eigenvalue weighted by Gasteiger charge is 2.25. The standard InChI is InChI=1S/C14H17NO3/c1-3-14(16)15-8-9-18-13(10-15)11-6-4-5-7-12(11)17-2/h3-7,13H,1,8-10H2,2H3. The zero-order valence-electron chi connectivity index (χ0n) is 10.5. The topological polar surface area (TPSA) is 38.8 Å².